The van der Waals surface area contributed by atoms with E-state index >= 15 is 0 Å². The van der Waals surface area contributed by atoms with E-state index in [1.165, 1.54) is 18.2 Å². The Morgan fingerprint density at radius 2 is 1.95 bits per heavy atom. The van der Waals surface area contributed by atoms with E-state index < -0.39 is 10.5 Å². The summed E-state index contributed by atoms with van der Waals surface area (Å²) in [5.41, 5.74) is 1.10. The first-order valence-electron chi connectivity index (χ1n) is 6.21. The first-order valence-corrected chi connectivity index (χ1v) is 6.21. The number of nitro groups is 1. The minimum absolute atomic E-state index is 0.0711. The Hall–Kier alpha value is -3.02. The largest absolute Gasteiger partial charge is 0.403 e. The molecular weight excluding hydrogens is 272 g/mol. The van der Waals surface area contributed by atoms with Crippen LogP contribution in [0.1, 0.15) is 5.56 Å². The molecule has 3 aromatic rings. The molecule has 0 saturated carbocycles. The Labute approximate surface area is 118 Å². The molecule has 3 rings (SSSR count). The molecule has 0 radical (unpaired) electrons. The lowest BCUT2D eigenvalue weighted by Crippen LogP contribution is -2.04. The first-order chi connectivity index (χ1) is 10.1. The molecule has 0 aliphatic carbocycles. The lowest BCUT2D eigenvalue weighted by Gasteiger charge is -2.03. The van der Waals surface area contributed by atoms with E-state index in [-0.39, 0.29) is 11.6 Å². The summed E-state index contributed by atoms with van der Waals surface area (Å²) in [5.74, 6) is 0.0711. The zero-order valence-corrected chi connectivity index (χ0v) is 11.1. The summed E-state index contributed by atoms with van der Waals surface area (Å²) < 4.78 is 5.20. The maximum Gasteiger partial charge on any atom is 0.347 e. The van der Waals surface area contributed by atoms with Crippen LogP contribution >= 0.6 is 0 Å². The fourth-order valence-electron chi connectivity index (χ4n) is 2.16. The van der Waals surface area contributed by atoms with E-state index in [0.29, 0.717) is 16.5 Å². The number of aryl methyl sites for hydroxylation is 1. The van der Waals surface area contributed by atoms with Crippen molar-refractivity contribution in [1.82, 2.24) is 4.98 Å². The van der Waals surface area contributed by atoms with Gasteiger partial charge in [-0.1, -0.05) is 18.2 Å². The first kappa shape index (κ1) is 13.0. The third-order valence-electron chi connectivity index (χ3n) is 3.17. The number of aromatic nitrogens is 1. The highest BCUT2D eigenvalue weighted by molar-refractivity contribution is 5.81. The van der Waals surface area contributed by atoms with Crippen molar-refractivity contribution >= 4 is 16.6 Å². The van der Waals surface area contributed by atoms with E-state index in [9.17, 15) is 14.9 Å². The highest BCUT2D eigenvalue weighted by Gasteiger charge is 2.13. The van der Waals surface area contributed by atoms with Crippen LogP contribution in [0.2, 0.25) is 0 Å². The summed E-state index contributed by atoms with van der Waals surface area (Å²) in [5, 5.41) is 11.2. The van der Waals surface area contributed by atoms with Crippen molar-refractivity contribution < 1.29 is 9.34 Å². The molecule has 104 valence electrons. The summed E-state index contributed by atoms with van der Waals surface area (Å²) in [7, 11) is 0. The quantitative estimate of drug-likeness (QED) is 0.532. The molecule has 0 atom stereocenters. The van der Waals surface area contributed by atoms with Gasteiger partial charge in [0.25, 0.3) is 5.69 Å². The number of non-ortho nitro benzene ring substituents is 1. The molecule has 0 bridgehead atoms. The number of rotatable bonds is 2. The molecule has 0 aliphatic heterocycles. The summed E-state index contributed by atoms with van der Waals surface area (Å²) in [6.07, 6.45) is 0. The van der Waals surface area contributed by atoms with Gasteiger partial charge in [0.05, 0.1) is 15.8 Å². The van der Waals surface area contributed by atoms with Gasteiger partial charge in [-0.05, 0) is 24.6 Å². The Kier molecular flexibility index (Phi) is 2.98. The molecule has 0 aliphatic rings. The fourth-order valence-corrected chi connectivity index (χ4v) is 2.16. The van der Waals surface area contributed by atoms with Gasteiger partial charge in [0.2, 0.25) is 5.89 Å². The van der Waals surface area contributed by atoms with Crippen LogP contribution in [0.15, 0.2) is 51.7 Å². The SMILES string of the molecule is Cc1cccc2nc(-c3cccc([N+](=O)[O-])c3)oc(=O)c12. The van der Waals surface area contributed by atoms with Crippen molar-refractivity contribution in [1.29, 1.82) is 0 Å². The van der Waals surface area contributed by atoms with Crippen LogP contribution in [0.5, 0.6) is 0 Å². The maximum absolute atomic E-state index is 12.1. The van der Waals surface area contributed by atoms with Crippen molar-refractivity contribution in [2.75, 3.05) is 0 Å². The molecule has 0 fully saturated rings. The highest BCUT2D eigenvalue weighted by atomic mass is 16.6. The molecule has 2 aromatic carbocycles. The fraction of sp³-hybridized carbons (Fsp3) is 0.0667. The molecule has 1 heterocycles. The van der Waals surface area contributed by atoms with E-state index in [1.54, 1.807) is 31.2 Å². The van der Waals surface area contributed by atoms with Gasteiger partial charge >= 0.3 is 5.63 Å². The van der Waals surface area contributed by atoms with Crippen LogP contribution < -0.4 is 5.63 Å². The number of benzene rings is 2. The van der Waals surface area contributed by atoms with Crippen molar-refractivity contribution in [3.05, 3.63) is 68.6 Å². The van der Waals surface area contributed by atoms with Gasteiger partial charge in [0.1, 0.15) is 0 Å². The topological polar surface area (TPSA) is 86.2 Å². The minimum atomic E-state index is -0.507. The number of fused-ring (bicyclic) bond motifs is 1. The molecule has 0 unspecified atom stereocenters. The predicted molar refractivity (Wildman–Crippen MR) is 77.1 cm³/mol. The van der Waals surface area contributed by atoms with Crippen LogP contribution in [0, 0.1) is 17.0 Å². The van der Waals surface area contributed by atoms with E-state index in [2.05, 4.69) is 4.98 Å². The zero-order chi connectivity index (χ0) is 15.0. The molecule has 0 amide bonds. The molecule has 21 heavy (non-hydrogen) atoms. The predicted octanol–water partition coefficient (Wildman–Crippen LogP) is 3.07. The van der Waals surface area contributed by atoms with Gasteiger partial charge < -0.3 is 4.42 Å². The normalized spacial score (nSPS) is 10.7. The van der Waals surface area contributed by atoms with Crippen LogP contribution in [-0.4, -0.2) is 9.91 Å². The van der Waals surface area contributed by atoms with Crippen molar-refractivity contribution in [3.63, 3.8) is 0 Å². The Bertz CT molecular complexity index is 915. The van der Waals surface area contributed by atoms with Crippen LogP contribution in [0.25, 0.3) is 22.4 Å². The summed E-state index contributed by atoms with van der Waals surface area (Å²) in [6.45, 7) is 1.80. The minimum Gasteiger partial charge on any atom is -0.403 e. The van der Waals surface area contributed by atoms with Gasteiger partial charge in [-0.3, -0.25) is 10.1 Å². The summed E-state index contributed by atoms with van der Waals surface area (Å²) in [6, 6.07) is 11.1. The monoisotopic (exact) mass is 282 g/mol. The summed E-state index contributed by atoms with van der Waals surface area (Å²) in [4.78, 5) is 26.6. The third-order valence-corrected chi connectivity index (χ3v) is 3.17. The van der Waals surface area contributed by atoms with Gasteiger partial charge in [-0.25, -0.2) is 9.78 Å². The van der Waals surface area contributed by atoms with Crippen LogP contribution in [0.4, 0.5) is 5.69 Å². The Balaban J connectivity index is 2.24. The lowest BCUT2D eigenvalue weighted by atomic mass is 10.1. The second-order valence-electron chi connectivity index (χ2n) is 4.58. The second kappa shape index (κ2) is 4.82. The Morgan fingerprint density at radius 3 is 2.71 bits per heavy atom. The number of nitrogens with zero attached hydrogens (tertiary/aromatic N) is 2. The number of nitro benzene ring substituents is 1. The smallest absolute Gasteiger partial charge is 0.347 e. The van der Waals surface area contributed by atoms with E-state index in [1.807, 2.05) is 0 Å². The zero-order valence-electron chi connectivity index (χ0n) is 11.1. The average Bonchev–Trinajstić information content (AvgIpc) is 2.47. The molecule has 0 saturated heterocycles. The third kappa shape index (κ3) is 2.27. The van der Waals surface area contributed by atoms with Crippen molar-refractivity contribution in [2.45, 2.75) is 6.92 Å². The lowest BCUT2D eigenvalue weighted by molar-refractivity contribution is -0.384. The van der Waals surface area contributed by atoms with Gasteiger partial charge in [0, 0.05) is 17.7 Å². The van der Waals surface area contributed by atoms with E-state index in [4.69, 9.17) is 4.42 Å². The standard InChI is InChI=1S/C15H10N2O4/c1-9-4-2-7-12-13(9)15(18)21-14(16-12)10-5-3-6-11(8-10)17(19)20/h2-8H,1H3. The maximum atomic E-state index is 12.1. The van der Waals surface area contributed by atoms with Gasteiger partial charge in [-0.2, -0.15) is 0 Å². The number of hydrogen-bond acceptors (Lipinski definition) is 5. The molecule has 1 aromatic heterocycles. The number of hydrogen-bond donors (Lipinski definition) is 0. The molecule has 0 spiro atoms. The van der Waals surface area contributed by atoms with Crippen molar-refractivity contribution in [3.8, 4) is 11.5 Å². The second-order valence-corrected chi connectivity index (χ2v) is 4.58. The van der Waals surface area contributed by atoms with Crippen LogP contribution in [-0.2, 0) is 0 Å². The molecular formula is C15H10N2O4. The Morgan fingerprint density at radius 1 is 1.19 bits per heavy atom. The van der Waals surface area contributed by atoms with E-state index in [0.717, 1.165) is 5.56 Å². The average molecular weight is 282 g/mol. The van der Waals surface area contributed by atoms with Gasteiger partial charge in [0.15, 0.2) is 0 Å². The van der Waals surface area contributed by atoms with Crippen molar-refractivity contribution in [2.24, 2.45) is 0 Å². The molecule has 6 heteroatoms. The summed E-state index contributed by atoms with van der Waals surface area (Å²) >= 11 is 0. The van der Waals surface area contributed by atoms with Crippen LogP contribution in [0.3, 0.4) is 0 Å². The molecule has 6 nitrogen and oxygen atoms in total. The highest BCUT2D eigenvalue weighted by Crippen LogP contribution is 2.23. The molecule has 0 N–H and O–H groups in total. The van der Waals surface area contributed by atoms with Gasteiger partial charge in [-0.15, -0.1) is 0 Å².